The van der Waals surface area contributed by atoms with Crippen LogP contribution < -0.4 is 10.6 Å². The van der Waals surface area contributed by atoms with Crippen LogP contribution in [0.2, 0.25) is 0 Å². The van der Waals surface area contributed by atoms with Crippen LogP contribution in [-0.2, 0) is 6.54 Å². The van der Waals surface area contributed by atoms with Crippen molar-refractivity contribution in [2.24, 2.45) is 5.92 Å². The quantitative estimate of drug-likeness (QED) is 0.762. The maximum atomic E-state index is 10.8. The maximum absolute atomic E-state index is 10.8. The highest BCUT2D eigenvalue weighted by Gasteiger charge is 2.21. The number of carbonyl (C=O) groups is 1. The summed E-state index contributed by atoms with van der Waals surface area (Å²) in [6, 6.07) is 4.01. The van der Waals surface area contributed by atoms with Crippen molar-refractivity contribution in [3.8, 4) is 0 Å². The Morgan fingerprint density at radius 2 is 2.25 bits per heavy atom. The number of amides is 1. The molecule has 0 spiro atoms. The third-order valence-corrected chi connectivity index (χ3v) is 3.65. The summed E-state index contributed by atoms with van der Waals surface area (Å²) in [5.41, 5.74) is 2.09. The van der Waals surface area contributed by atoms with Crippen molar-refractivity contribution < 1.29 is 9.90 Å². The van der Waals surface area contributed by atoms with Crippen LogP contribution in [0.4, 0.5) is 10.5 Å². The Morgan fingerprint density at radius 3 is 2.90 bits per heavy atom. The van der Waals surface area contributed by atoms with E-state index in [1.54, 1.807) is 0 Å². The van der Waals surface area contributed by atoms with Crippen molar-refractivity contribution in [1.82, 2.24) is 15.2 Å². The molecule has 0 bridgehead atoms. The minimum atomic E-state index is -0.803. The Balaban J connectivity index is 1.78. The fraction of sp³-hybridized carbons (Fsp3) is 0.571. The Kier molecular flexibility index (Phi) is 5.17. The molecular formula is C14H22N4O2. The first-order valence-corrected chi connectivity index (χ1v) is 7.00. The number of carboxylic acid groups (broad SMARTS) is 1. The van der Waals surface area contributed by atoms with Gasteiger partial charge in [0.1, 0.15) is 0 Å². The van der Waals surface area contributed by atoms with Gasteiger partial charge in [-0.1, -0.05) is 0 Å². The third kappa shape index (κ3) is 4.09. The molecule has 1 aliphatic rings. The number of hydrogen-bond donors (Lipinski definition) is 3. The zero-order valence-electron chi connectivity index (χ0n) is 11.8. The van der Waals surface area contributed by atoms with Crippen LogP contribution in [0, 0.1) is 5.92 Å². The van der Waals surface area contributed by atoms with Gasteiger partial charge in [0.25, 0.3) is 0 Å². The monoisotopic (exact) mass is 278 g/mol. The second-order valence-electron chi connectivity index (χ2n) is 5.16. The maximum Gasteiger partial charge on any atom is 0.407 e. The Labute approximate surface area is 119 Å². The smallest absolute Gasteiger partial charge is 0.407 e. The first kappa shape index (κ1) is 14.6. The largest absolute Gasteiger partial charge is 0.465 e. The SMILES string of the molecule is CNCc1cc(NCC2CCN(C(=O)O)CC2)ccn1. The average Bonchev–Trinajstić information content (AvgIpc) is 2.46. The van der Waals surface area contributed by atoms with Gasteiger partial charge in [-0.15, -0.1) is 0 Å². The van der Waals surface area contributed by atoms with E-state index in [1.807, 2.05) is 25.4 Å². The van der Waals surface area contributed by atoms with Gasteiger partial charge in [-0.3, -0.25) is 4.98 Å². The minimum absolute atomic E-state index is 0.534. The summed E-state index contributed by atoms with van der Waals surface area (Å²) < 4.78 is 0. The van der Waals surface area contributed by atoms with Gasteiger partial charge in [0.2, 0.25) is 0 Å². The van der Waals surface area contributed by atoms with E-state index in [0.29, 0.717) is 19.0 Å². The van der Waals surface area contributed by atoms with Crippen LogP contribution in [0.5, 0.6) is 0 Å². The third-order valence-electron chi connectivity index (χ3n) is 3.65. The zero-order chi connectivity index (χ0) is 14.4. The molecule has 6 nitrogen and oxygen atoms in total. The first-order valence-electron chi connectivity index (χ1n) is 7.00. The standard InChI is InChI=1S/C14H22N4O2/c1-15-10-13-8-12(2-5-16-13)17-9-11-3-6-18(7-4-11)14(19)20/h2,5,8,11,15H,3-4,6-7,9-10H2,1H3,(H,16,17)(H,19,20). The van der Waals surface area contributed by atoms with Crippen molar-refractivity contribution in [2.45, 2.75) is 19.4 Å². The van der Waals surface area contributed by atoms with E-state index in [9.17, 15) is 4.79 Å². The van der Waals surface area contributed by atoms with Crippen LogP contribution in [-0.4, -0.2) is 47.8 Å². The summed E-state index contributed by atoms with van der Waals surface area (Å²) in [5.74, 6) is 0.534. The first-order chi connectivity index (χ1) is 9.69. The normalized spacial score (nSPS) is 16.1. The lowest BCUT2D eigenvalue weighted by atomic mass is 9.97. The number of nitrogens with zero attached hydrogens (tertiary/aromatic N) is 2. The van der Waals surface area contributed by atoms with E-state index < -0.39 is 6.09 Å². The second kappa shape index (κ2) is 7.09. The Hall–Kier alpha value is -1.82. The number of hydrogen-bond acceptors (Lipinski definition) is 4. The molecule has 1 aromatic heterocycles. The number of piperidine rings is 1. The zero-order valence-corrected chi connectivity index (χ0v) is 11.8. The van der Waals surface area contributed by atoms with E-state index in [2.05, 4.69) is 15.6 Å². The van der Waals surface area contributed by atoms with Crippen LogP contribution in [0.3, 0.4) is 0 Å². The van der Waals surface area contributed by atoms with Crippen LogP contribution >= 0.6 is 0 Å². The summed E-state index contributed by atoms with van der Waals surface area (Å²) in [6.45, 7) is 2.93. The van der Waals surface area contributed by atoms with Gasteiger partial charge in [0, 0.05) is 38.1 Å². The molecule has 3 N–H and O–H groups in total. The van der Waals surface area contributed by atoms with Gasteiger partial charge < -0.3 is 20.6 Å². The molecule has 0 radical (unpaired) electrons. The van der Waals surface area contributed by atoms with Gasteiger partial charge >= 0.3 is 6.09 Å². The molecule has 0 unspecified atom stereocenters. The lowest BCUT2D eigenvalue weighted by Gasteiger charge is -2.30. The fourth-order valence-corrected chi connectivity index (χ4v) is 2.46. The van der Waals surface area contributed by atoms with Crippen molar-refractivity contribution in [3.63, 3.8) is 0 Å². The molecule has 2 heterocycles. The molecule has 20 heavy (non-hydrogen) atoms. The molecule has 110 valence electrons. The van der Waals surface area contributed by atoms with Gasteiger partial charge in [0.15, 0.2) is 0 Å². The molecule has 1 fully saturated rings. The average molecular weight is 278 g/mol. The van der Waals surface area contributed by atoms with E-state index in [1.165, 1.54) is 4.90 Å². The Bertz CT molecular complexity index is 445. The molecule has 1 amide bonds. The highest BCUT2D eigenvalue weighted by molar-refractivity contribution is 5.65. The second-order valence-corrected chi connectivity index (χ2v) is 5.16. The van der Waals surface area contributed by atoms with E-state index in [-0.39, 0.29) is 0 Å². The number of likely N-dealkylation sites (tertiary alicyclic amines) is 1. The number of rotatable bonds is 5. The number of pyridine rings is 1. The summed E-state index contributed by atoms with van der Waals surface area (Å²) in [6.07, 6.45) is 2.85. The highest BCUT2D eigenvalue weighted by Crippen LogP contribution is 2.18. The van der Waals surface area contributed by atoms with Gasteiger partial charge in [0.05, 0.1) is 5.69 Å². The fourth-order valence-electron chi connectivity index (χ4n) is 2.46. The van der Waals surface area contributed by atoms with E-state index in [0.717, 1.165) is 37.3 Å². The predicted octanol–water partition coefficient (Wildman–Crippen LogP) is 1.60. The topological polar surface area (TPSA) is 77.5 Å². The summed E-state index contributed by atoms with van der Waals surface area (Å²) in [7, 11) is 1.90. The number of nitrogens with one attached hydrogen (secondary N) is 2. The van der Waals surface area contributed by atoms with E-state index >= 15 is 0 Å². The Morgan fingerprint density at radius 1 is 1.50 bits per heavy atom. The lowest BCUT2D eigenvalue weighted by molar-refractivity contribution is 0.126. The lowest BCUT2D eigenvalue weighted by Crippen LogP contribution is -2.39. The van der Waals surface area contributed by atoms with Crippen molar-refractivity contribution >= 4 is 11.8 Å². The molecule has 0 aliphatic carbocycles. The molecule has 0 saturated carbocycles. The number of aromatic nitrogens is 1. The molecule has 1 saturated heterocycles. The van der Waals surface area contributed by atoms with Crippen molar-refractivity contribution in [1.29, 1.82) is 0 Å². The van der Waals surface area contributed by atoms with Gasteiger partial charge in [-0.25, -0.2) is 4.79 Å². The van der Waals surface area contributed by atoms with E-state index in [4.69, 9.17) is 5.11 Å². The highest BCUT2D eigenvalue weighted by atomic mass is 16.4. The molecule has 6 heteroatoms. The van der Waals surface area contributed by atoms with Crippen LogP contribution in [0.25, 0.3) is 0 Å². The molecule has 1 aromatic rings. The van der Waals surface area contributed by atoms with Crippen LogP contribution in [0.1, 0.15) is 18.5 Å². The van der Waals surface area contributed by atoms with Crippen molar-refractivity contribution in [3.05, 3.63) is 24.0 Å². The van der Waals surface area contributed by atoms with Crippen molar-refractivity contribution in [2.75, 3.05) is 32.0 Å². The summed E-state index contributed by atoms with van der Waals surface area (Å²) in [5, 5.41) is 15.4. The van der Waals surface area contributed by atoms with Gasteiger partial charge in [-0.05, 0) is 37.9 Å². The summed E-state index contributed by atoms with van der Waals surface area (Å²) in [4.78, 5) is 16.6. The molecule has 2 rings (SSSR count). The summed E-state index contributed by atoms with van der Waals surface area (Å²) >= 11 is 0. The number of anilines is 1. The molecular weight excluding hydrogens is 256 g/mol. The van der Waals surface area contributed by atoms with Crippen LogP contribution in [0.15, 0.2) is 18.3 Å². The molecule has 0 atom stereocenters. The molecule has 1 aliphatic heterocycles. The van der Waals surface area contributed by atoms with Gasteiger partial charge in [-0.2, -0.15) is 0 Å². The predicted molar refractivity (Wildman–Crippen MR) is 77.8 cm³/mol. The molecule has 0 aromatic carbocycles. The minimum Gasteiger partial charge on any atom is -0.465 e.